The zero-order valence-corrected chi connectivity index (χ0v) is 13.5. The lowest BCUT2D eigenvalue weighted by atomic mass is 10.3. The van der Waals surface area contributed by atoms with Crippen molar-refractivity contribution in [2.75, 3.05) is 17.7 Å². The molecule has 3 rings (SSSR count). The van der Waals surface area contributed by atoms with Gasteiger partial charge in [-0.25, -0.2) is 14.8 Å². The molecule has 3 aromatic rings. The van der Waals surface area contributed by atoms with Gasteiger partial charge in [0.05, 0.1) is 12.8 Å². The molecule has 0 radical (unpaired) electrons. The molecule has 7 heteroatoms. The summed E-state index contributed by atoms with van der Waals surface area (Å²) >= 11 is 0. The van der Waals surface area contributed by atoms with E-state index in [2.05, 4.69) is 20.6 Å². The Morgan fingerprint density at radius 2 is 1.80 bits per heavy atom. The van der Waals surface area contributed by atoms with Gasteiger partial charge in [-0.15, -0.1) is 0 Å². The predicted octanol–water partition coefficient (Wildman–Crippen LogP) is 3.92. The molecule has 0 saturated heterocycles. The lowest BCUT2D eigenvalue weighted by Crippen LogP contribution is -2.19. The fraction of sp³-hybridized carbons (Fsp3) is 0.0556. The number of carbonyl (C=O) groups is 1. The molecule has 126 valence electrons. The molecule has 1 heterocycles. The van der Waals surface area contributed by atoms with E-state index in [0.29, 0.717) is 23.0 Å². The highest BCUT2D eigenvalue weighted by molar-refractivity contribution is 6.00. The molecule has 0 aliphatic carbocycles. The van der Waals surface area contributed by atoms with Crippen LogP contribution in [0.4, 0.5) is 16.2 Å². The number of hydrogen-bond donors (Lipinski definition) is 2. The van der Waals surface area contributed by atoms with E-state index >= 15 is 0 Å². The third-order valence-corrected chi connectivity index (χ3v) is 3.25. The Labute approximate surface area is 144 Å². The first-order valence-electron chi connectivity index (χ1n) is 7.49. The summed E-state index contributed by atoms with van der Waals surface area (Å²) in [5.74, 6) is 1.58. The van der Waals surface area contributed by atoms with E-state index in [0.717, 1.165) is 5.75 Å². The molecule has 0 saturated carbocycles. The Hall–Kier alpha value is -3.61. The van der Waals surface area contributed by atoms with Crippen molar-refractivity contribution in [1.29, 1.82) is 0 Å². The maximum absolute atomic E-state index is 12.2. The number of aromatic nitrogens is 2. The molecule has 1 aromatic heterocycles. The van der Waals surface area contributed by atoms with Gasteiger partial charge in [-0.2, -0.15) is 0 Å². The topological polar surface area (TPSA) is 85.4 Å². The van der Waals surface area contributed by atoms with Gasteiger partial charge in [-0.05, 0) is 36.4 Å². The zero-order chi connectivity index (χ0) is 17.5. The first-order chi connectivity index (χ1) is 12.2. The first-order valence-corrected chi connectivity index (χ1v) is 7.49. The van der Waals surface area contributed by atoms with E-state index in [4.69, 9.17) is 9.47 Å². The van der Waals surface area contributed by atoms with Crippen molar-refractivity contribution in [2.24, 2.45) is 0 Å². The molecule has 25 heavy (non-hydrogen) atoms. The van der Waals surface area contributed by atoms with Crippen LogP contribution in [0.2, 0.25) is 0 Å². The van der Waals surface area contributed by atoms with Crippen molar-refractivity contribution in [3.63, 3.8) is 0 Å². The summed E-state index contributed by atoms with van der Waals surface area (Å²) in [7, 11) is 1.59. The first kappa shape index (κ1) is 16.3. The standard InChI is InChI=1S/C18H16N4O3/c1-24-14-8-6-13(7-9-14)21-18(23)22-15-4-2-3-5-16(15)25-17-10-11-19-12-20-17/h2-12H,1H3,(H2,21,22,23). The molecule has 0 atom stereocenters. The van der Waals surface area contributed by atoms with Crippen molar-refractivity contribution in [3.05, 3.63) is 67.1 Å². The summed E-state index contributed by atoms with van der Waals surface area (Å²) in [6.07, 6.45) is 2.97. The normalized spacial score (nSPS) is 9.96. The molecule has 0 bridgehead atoms. The Balaban J connectivity index is 1.68. The maximum Gasteiger partial charge on any atom is 0.323 e. The summed E-state index contributed by atoms with van der Waals surface area (Å²) in [4.78, 5) is 20.0. The number of rotatable bonds is 5. The van der Waals surface area contributed by atoms with Crippen molar-refractivity contribution in [3.8, 4) is 17.4 Å². The minimum atomic E-state index is -0.385. The van der Waals surface area contributed by atoms with E-state index in [-0.39, 0.29) is 6.03 Å². The number of ether oxygens (including phenoxy) is 2. The molecule has 7 nitrogen and oxygen atoms in total. The Morgan fingerprint density at radius 3 is 2.52 bits per heavy atom. The Kier molecular flexibility index (Phi) is 5.06. The number of amides is 2. The van der Waals surface area contributed by atoms with Crippen LogP contribution in [0, 0.1) is 0 Å². The average Bonchev–Trinajstić information content (AvgIpc) is 2.65. The maximum atomic E-state index is 12.2. The number of methoxy groups -OCH3 is 1. The van der Waals surface area contributed by atoms with Crippen molar-refractivity contribution in [2.45, 2.75) is 0 Å². The average molecular weight is 336 g/mol. The van der Waals surface area contributed by atoms with Crippen LogP contribution in [-0.4, -0.2) is 23.1 Å². The highest BCUT2D eigenvalue weighted by Crippen LogP contribution is 2.28. The molecular weight excluding hydrogens is 320 g/mol. The summed E-state index contributed by atoms with van der Waals surface area (Å²) in [6.45, 7) is 0. The van der Waals surface area contributed by atoms with Crippen molar-refractivity contribution < 1.29 is 14.3 Å². The summed E-state index contributed by atoms with van der Waals surface area (Å²) in [5.41, 5.74) is 1.17. The van der Waals surface area contributed by atoms with Crippen LogP contribution in [0.3, 0.4) is 0 Å². The third-order valence-electron chi connectivity index (χ3n) is 3.25. The second-order valence-corrected chi connectivity index (χ2v) is 4.95. The fourth-order valence-electron chi connectivity index (χ4n) is 2.07. The third kappa shape index (κ3) is 4.44. The molecule has 2 N–H and O–H groups in total. The number of hydrogen-bond acceptors (Lipinski definition) is 5. The van der Waals surface area contributed by atoms with Crippen molar-refractivity contribution in [1.82, 2.24) is 9.97 Å². The molecule has 0 fully saturated rings. The van der Waals surface area contributed by atoms with E-state index in [1.54, 1.807) is 61.8 Å². The van der Waals surface area contributed by atoms with E-state index in [1.807, 2.05) is 6.07 Å². The summed E-state index contributed by atoms with van der Waals surface area (Å²) in [6, 6.07) is 15.4. The van der Waals surface area contributed by atoms with Gasteiger partial charge in [0.2, 0.25) is 5.88 Å². The van der Waals surface area contributed by atoms with Gasteiger partial charge in [0, 0.05) is 18.0 Å². The van der Waals surface area contributed by atoms with Crippen molar-refractivity contribution >= 4 is 17.4 Å². The van der Waals surface area contributed by atoms with Crippen LogP contribution >= 0.6 is 0 Å². The van der Waals surface area contributed by atoms with Gasteiger partial charge in [0.25, 0.3) is 0 Å². The van der Waals surface area contributed by atoms with Gasteiger partial charge in [0.15, 0.2) is 5.75 Å². The second-order valence-electron chi connectivity index (χ2n) is 4.95. The number of urea groups is 1. The quantitative estimate of drug-likeness (QED) is 0.737. The zero-order valence-electron chi connectivity index (χ0n) is 13.5. The van der Waals surface area contributed by atoms with Crippen LogP contribution in [0.1, 0.15) is 0 Å². The minimum absolute atomic E-state index is 0.385. The van der Waals surface area contributed by atoms with Gasteiger partial charge in [0.1, 0.15) is 12.1 Å². The smallest absolute Gasteiger partial charge is 0.323 e. The number of para-hydroxylation sites is 2. The van der Waals surface area contributed by atoms with Crippen LogP contribution in [-0.2, 0) is 0 Å². The Morgan fingerprint density at radius 1 is 1.00 bits per heavy atom. The molecular formula is C18H16N4O3. The lowest BCUT2D eigenvalue weighted by molar-refractivity contribution is 0.262. The molecule has 0 aliphatic heterocycles. The fourth-order valence-corrected chi connectivity index (χ4v) is 2.07. The molecule has 0 aliphatic rings. The van der Waals surface area contributed by atoms with Crippen LogP contribution in [0.15, 0.2) is 67.1 Å². The molecule has 2 amide bonds. The molecule has 0 unspecified atom stereocenters. The highest BCUT2D eigenvalue weighted by Gasteiger charge is 2.09. The predicted molar refractivity (Wildman–Crippen MR) is 94.2 cm³/mol. The van der Waals surface area contributed by atoms with E-state index in [9.17, 15) is 4.79 Å². The molecule has 2 aromatic carbocycles. The minimum Gasteiger partial charge on any atom is -0.497 e. The van der Waals surface area contributed by atoms with Gasteiger partial charge < -0.3 is 20.1 Å². The number of anilines is 2. The number of nitrogens with one attached hydrogen (secondary N) is 2. The van der Waals surface area contributed by atoms with E-state index in [1.165, 1.54) is 6.33 Å². The number of nitrogens with zero attached hydrogens (tertiary/aromatic N) is 2. The van der Waals surface area contributed by atoms with Crippen LogP contribution < -0.4 is 20.1 Å². The summed E-state index contributed by atoms with van der Waals surface area (Å²) in [5, 5.41) is 5.50. The highest BCUT2D eigenvalue weighted by atomic mass is 16.5. The lowest BCUT2D eigenvalue weighted by Gasteiger charge is -2.12. The second kappa shape index (κ2) is 7.78. The van der Waals surface area contributed by atoms with Gasteiger partial charge in [-0.3, -0.25) is 0 Å². The summed E-state index contributed by atoms with van der Waals surface area (Å²) < 4.78 is 10.8. The molecule has 0 spiro atoms. The Bertz CT molecular complexity index is 838. The van der Waals surface area contributed by atoms with E-state index < -0.39 is 0 Å². The SMILES string of the molecule is COc1ccc(NC(=O)Nc2ccccc2Oc2ccncn2)cc1. The largest absolute Gasteiger partial charge is 0.497 e. The van der Waals surface area contributed by atoms with Gasteiger partial charge >= 0.3 is 6.03 Å². The van der Waals surface area contributed by atoms with Crippen LogP contribution in [0.25, 0.3) is 0 Å². The number of benzene rings is 2. The van der Waals surface area contributed by atoms with Crippen LogP contribution in [0.5, 0.6) is 17.4 Å². The monoisotopic (exact) mass is 336 g/mol. The number of carbonyl (C=O) groups excluding carboxylic acids is 1. The van der Waals surface area contributed by atoms with Gasteiger partial charge in [-0.1, -0.05) is 12.1 Å².